The summed E-state index contributed by atoms with van der Waals surface area (Å²) in [6.45, 7) is 4.02. The number of phenolic OH excluding ortho intramolecular Hbond substituents is 1. The third-order valence-corrected chi connectivity index (χ3v) is 2.94. The molecule has 0 saturated carbocycles. The molecule has 0 aromatic heterocycles. The van der Waals surface area contributed by atoms with Gasteiger partial charge in [-0.3, -0.25) is 9.59 Å². The Bertz CT molecular complexity index is 465. The minimum absolute atomic E-state index is 0.0294. The summed E-state index contributed by atoms with van der Waals surface area (Å²) < 4.78 is 0. The van der Waals surface area contributed by atoms with Crippen LogP contribution in [-0.2, 0) is 16.0 Å². The Morgan fingerprint density at radius 3 is 2.30 bits per heavy atom. The van der Waals surface area contributed by atoms with Gasteiger partial charge in [0.05, 0.1) is 6.42 Å². The fourth-order valence-corrected chi connectivity index (χ4v) is 1.98. The van der Waals surface area contributed by atoms with Crippen molar-refractivity contribution in [2.45, 2.75) is 33.1 Å². The molecule has 0 heterocycles. The molecule has 0 bridgehead atoms. The molecule has 3 N–H and O–H groups in total. The molecule has 0 saturated heterocycles. The Morgan fingerprint density at radius 1 is 1.15 bits per heavy atom. The zero-order valence-electron chi connectivity index (χ0n) is 11.8. The molecular weight excluding hydrogens is 258 g/mol. The first kappa shape index (κ1) is 16.0. The molecule has 0 unspecified atom stereocenters. The molecule has 1 rings (SSSR count). The van der Waals surface area contributed by atoms with Crippen LogP contribution in [0.25, 0.3) is 0 Å². The highest BCUT2D eigenvalue weighted by Crippen LogP contribution is 2.24. The van der Waals surface area contributed by atoms with Crippen molar-refractivity contribution in [3.8, 4) is 5.75 Å². The van der Waals surface area contributed by atoms with Crippen molar-refractivity contribution in [3.63, 3.8) is 0 Å². The summed E-state index contributed by atoms with van der Waals surface area (Å²) in [4.78, 5) is 22.4. The van der Waals surface area contributed by atoms with Gasteiger partial charge in [-0.25, -0.2) is 0 Å². The van der Waals surface area contributed by atoms with E-state index in [0.29, 0.717) is 13.0 Å². The van der Waals surface area contributed by atoms with Crippen LogP contribution >= 0.6 is 0 Å². The van der Waals surface area contributed by atoms with Crippen LogP contribution in [0.5, 0.6) is 5.75 Å². The van der Waals surface area contributed by atoms with Crippen molar-refractivity contribution in [2.24, 2.45) is 5.41 Å². The third kappa shape index (κ3) is 6.22. The highest BCUT2D eigenvalue weighted by atomic mass is 16.4. The third-order valence-electron chi connectivity index (χ3n) is 2.94. The second kappa shape index (κ2) is 6.93. The first-order valence-corrected chi connectivity index (χ1v) is 6.55. The predicted octanol–water partition coefficient (Wildman–Crippen LogP) is 1.94. The van der Waals surface area contributed by atoms with Gasteiger partial charge in [-0.1, -0.05) is 26.0 Å². The van der Waals surface area contributed by atoms with Crippen LogP contribution in [0.2, 0.25) is 0 Å². The van der Waals surface area contributed by atoms with E-state index < -0.39 is 11.4 Å². The fraction of sp³-hybridized carbons (Fsp3) is 0.467. The minimum atomic E-state index is -0.896. The zero-order valence-corrected chi connectivity index (χ0v) is 11.8. The van der Waals surface area contributed by atoms with Gasteiger partial charge in [0.2, 0.25) is 5.91 Å². The van der Waals surface area contributed by atoms with E-state index in [-0.39, 0.29) is 24.5 Å². The van der Waals surface area contributed by atoms with Crippen LogP contribution in [0.15, 0.2) is 24.3 Å². The number of hydrogen-bond donors (Lipinski definition) is 3. The van der Waals surface area contributed by atoms with E-state index in [1.165, 1.54) is 0 Å². The van der Waals surface area contributed by atoms with Gasteiger partial charge in [-0.15, -0.1) is 0 Å². The van der Waals surface area contributed by atoms with Gasteiger partial charge < -0.3 is 15.5 Å². The molecular formula is C15H21NO4. The molecule has 0 spiro atoms. The number of phenols is 1. The highest BCUT2D eigenvalue weighted by molar-refractivity contribution is 5.77. The maximum atomic E-state index is 11.7. The number of amides is 1. The summed E-state index contributed by atoms with van der Waals surface area (Å²) in [5.41, 5.74) is 0.474. The predicted molar refractivity (Wildman–Crippen MR) is 75.5 cm³/mol. The summed E-state index contributed by atoms with van der Waals surface area (Å²) in [6.07, 6.45) is 0.832. The first-order chi connectivity index (χ1) is 9.28. The summed E-state index contributed by atoms with van der Waals surface area (Å²) in [5, 5.41) is 20.7. The topological polar surface area (TPSA) is 86.6 Å². The zero-order chi connectivity index (χ0) is 15.2. The lowest BCUT2D eigenvalue weighted by atomic mass is 9.85. The van der Waals surface area contributed by atoms with Gasteiger partial charge in [-0.2, -0.15) is 0 Å². The second-order valence-corrected chi connectivity index (χ2v) is 5.68. The molecule has 0 radical (unpaired) electrons. The molecule has 20 heavy (non-hydrogen) atoms. The normalized spacial score (nSPS) is 11.1. The van der Waals surface area contributed by atoms with Gasteiger partial charge >= 0.3 is 5.97 Å². The number of carboxylic acids is 1. The van der Waals surface area contributed by atoms with Gasteiger partial charge in [0.15, 0.2) is 0 Å². The molecule has 5 heteroatoms. The lowest BCUT2D eigenvalue weighted by Crippen LogP contribution is -2.31. The Balaban J connectivity index is 2.33. The number of aromatic hydroxyl groups is 1. The van der Waals surface area contributed by atoms with Crippen molar-refractivity contribution < 1.29 is 19.8 Å². The van der Waals surface area contributed by atoms with E-state index in [2.05, 4.69) is 5.32 Å². The van der Waals surface area contributed by atoms with Crippen LogP contribution in [0.4, 0.5) is 0 Å². The average molecular weight is 279 g/mol. The minimum Gasteiger partial charge on any atom is -0.508 e. The summed E-state index contributed by atoms with van der Waals surface area (Å²) >= 11 is 0. The van der Waals surface area contributed by atoms with E-state index in [1.807, 2.05) is 0 Å². The summed E-state index contributed by atoms with van der Waals surface area (Å²) in [7, 11) is 0. The van der Waals surface area contributed by atoms with Crippen molar-refractivity contribution in [1.82, 2.24) is 5.32 Å². The van der Waals surface area contributed by atoms with Crippen molar-refractivity contribution >= 4 is 11.9 Å². The first-order valence-electron chi connectivity index (χ1n) is 6.55. The maximum absolute atomic E-state index is 11.7. The molecule has 5 nitrogen and oxygen atoms in total. The summed E-state index contributed by atoms with van der Waals surface area (Å²) in [6, 6.07) is 6.81. The number of nitrogens with one attached hydrogen (secondary N) is 1. The number of benzene rings is 1. The van der Waals surface area contributed by atoms with Crippen molar-refractivity contribution in [2.75, 3.05) is 6.54 Å². The summed E-state index contributed by atoms with van der Waals surface area (Å²) in [5.74, 6) is -0.824. The van der Waals surface area contributed by atoms with E-state index >= 15 is 0 Å². The fourth-order valence-electron chi connectivity index (χ4n) is 1.98. The molecule has 0 atom stereocenters. The van der Waals surface area contributed by atoms with E-state index in [9.17, 15) is 9.59 Å². The van der Waals surface area contributed by atoms with E-state index in [4.69, 9.17) is 10.2 Å². The lowest BCUT2D eigenvalue weighted by molar-refractivity contribution is -0.139. The van der Waals surface area contributed by atoms with Crippen LogP contribution in [0.1, 0.15) is 32.3 Å². The molecule has 0 fully saturated rings. The number of hydrogen-bond acceptors (Lipinski definition) is 3. The van der Waals surface area contributed by atoms with Crippen molar-refractivity contribution in [3.05, 3.63) is 29.8 Å². The van der Waals surface area contributed by atoms with Crippen LogP contribution in [0.3, 0.4) is 0 Å². The number of carboxylic acid groups (broad SMARTS) is 1. The number of carbonyl (C=O) groups excluding carboxylic acids is 1. The van der Waals surface area contributed by atoms with E-state index in [0.717, 1.165) is 5.56 Å². The number of rotatable bonds is 7. The Hall–Kier alpha value is -2.04. The van der Waals surface area contributed by atoms with Crippen LogP contribution < -0.4 is 5.32 Å². The molecule has 1 aromatic rings. The maximum Gasteiger partial charge on any atom is 0.303 e. The van der Waals surface area contributed by atoms with Crippen LogP contribution in [0, 0.1) is 5.41 Å². The Labute approximate surface area is 118 Å². The van der Waals surface area contributed by atoms with Crippen molar-refractivity contribution in [1.29, 1.82) is 0 Å². The van der Waals surface area contributed by atoms with Crippen LogP contribution in [-0.4, -0.2) is 28.6 Å². The Morgan fingerprint density at radius 2 is 1.75 bits per heavy atom. The molecule has 1 aromatic carbocycles. The van der Waals surface area contributed by atoms with Gasteiger partial charge in [0.1, 0.15) is 5.75 Å². The lowest BCUT2D eigenvalue weighted by Gasteiger charge is -2.21. The molecule has 110 valence electrons. The average Bonchev–Trinajstić information content (AvgIpc) is 2.29. The smallest absolute Gasteiger partial charge is 0.303 e. The quantitative estimate of drug-likeness (QED) is 0.712. The molecule has 0 aliphatic rings. The Kier molecular flexibility index (Phi) is 5.55. The monoisotopic (exact) mass is 279 g/mol. The standard InChI is InChI=1S/C15H21NO4/c1-15(2,10-14(19)20)9-13(18)16-8-7-11-3-5-12(17)6-4-11/h3-6,17H,7-10H2,1-2H3,(H,16,18)(H,19,20). The SMILES string of the molecule is CC(C)(CC(=O)O)CC(=O)NCCc1ccc(O)cc1. The molecule has 1 amide bonds. The largest absolute Gasteiger partial charge is 0.508 e. The molecule has 0 aliphatic heterocycles. The molecule has 0 aliphatic carbocycles. The van der Waals surface area contributed by atoms with E-state index in [1.54, 1.807) is 38.1 Å². The van der Waals surface area contributed by atoms with Gasteiger partial charge in [-0.05, 0) is 29.5 Å². The van der Waals surface area contributed by atoms with Gasteiger partial charge in [0.25, 0.3) is 0 Å². The second-order valence-electron chi connectivity index (χ2n) is 5.68. The number of carbonyl (C=O) groups is 2. The number of aliphatic carboxylic acids is 1. The highest BCUT2D eigenvalue weighted by Gasteiger charge is 2.24. The van der Waals surface area contributed by atoms with Gasteiger partial charge in [0, 0.05) is 13.0 Å².